The molecule has 8 heteroatoms. The zero-order valence-corrected chi connectivity index (χ0v) is 22.6. The number of rotatable bonds is 9. The maximum absolute atomic E-state index is 11.7. The zero-order valence-electron chi connectivity index (χ0n) is 21.9. The quantitative estimate of drug-likeness (QED) is 0.338. The highest BCUT2D eigenvalue weighted by atomic mass is 35.5. The molecular formula is C29H34ClN3O4. The van der Waals surface area contributed by atoms with Crippen LogP contribution in [0, 0.1) is 19.3 Å². The van der Waals surface area contributed by atoms with Crippen LogP contribution >= 0.6 is 11.6 Å². The molecule has 3 heterocycles. The van der Waals surface area contributed by atoms with E-state index < -0.39 is 5.97 Å². The van der Waals surface area contributed by atoms with Crippen LogP contribution in [-0.2, 0) is 11.2 Å². The van der Waals surface area contributed by atoms with Crippen molar-refractivity contribution in [2.75, 3.05) is 31.2 Å². The molecule has 37 heavy (non-hydrogen) atoms. The van der Waals surface area contributed by atoms with Gasteiger partial charge in [-0.1, -0.05) is 37.6 Å². The molecule has 0 saturated carbocycles. The van der Waals surface area contributed by atoms with E-state index in [4.69, 9.17) is 21.1 Å². The predicted molar refractivity (Wildman–Crippen MR) is 146 cm³/mol. The number of carboxylic acids is 1. The minimum absolute atomic E-state index is 0.0754. The molecule has 196 valence electrons. The molecule has 4 rings (SSSR count). The van der Waals surface area contributed by atoms with Crippen LogP contribution in [0.15, 0.2) is 42.7 Å². The summed E-state index contributed by atoms with van der Waals surface area (Å²) in [5, 5.41) is 10.2. The summed E-state index contributed by atoms with van der Waals surface area (Å²) in [5.74, 6) is 0.417. The predicted octanol–water partition coefficient (Wildman–Crippen LogP) is 6.13. The third kappa shape index (κ3) is 6.52. The highest BCUT2D eigenvalue weighted by molar-refractivity contribution is 6.32. The van der Waals surface area contributed by atoms with Gasteiger partial charge in [0.2, 0.25) is 0 Å². The monoisotopic (exact) mass is 523 g/mol. The second-order valence-electron chi connectivity index (χ2n) is 10.3. The van der Waals surface area contributed by atoms with Gasteiger partial charge in [-0.25, -0.2) is 0 Å². The number of carbonyl (C=O) groups is 1. The van der Waals surface area contributed by atoms with Crippen molar-refractivity contribution in [3.8, 4) is 22.8 Å². The lowest BCUT2D eigenvalue weighted by molar-refractivity contribution is -0.136. The molecule has 0 aliphatic carbocycles. The number of para-hydroxylation sites is 1. The van der Waals surface area contributed by atoms with Gasteiger partial charge in [0.25, 0.3) is 0 Å². The number of ether oxygens (including phenoxy) is 2. The molecular weight excluding hydrogens is 490 g/mol. The standard InChI is InChI=1S/C29H34ClN3O4/c1-19-6-5-7-24(30)28(19)37-15-14-36-21-8-9-25(32-17-21)23-18-31-20(2)22(16-26(34)35)27(23)33-12-10-29(3,4)11-13-33/h5-9,17-18H,10-16H2,1-4H3,(H,34,35). The Hall–Kier alpha value is -3.32. The van der Waals surface area contributed by atoms with Gasteiger partial charge < -0.3 is 19.5 Å². The smallest absolute Gasteiger partial charge is 0.307 e. The van der Waals surface area contributed by atoms with Crippen LogP contribution in [0.25, 0.3) is 11.3 Å². The first kappa shape index (κ1) is 26.7. The number of halogens is 1. The van der Waals surface area contributed by atoms with Gasteiger partial charge in [0.15, 0.2) is 0 Å². The van der Waals surface area contributed by atoms with Crippen molar-refractivity contribution in [2.24, 2.45) is 5.41 Å². The first-order chi connectivity index (χ1) is 17.6. The fourth-order valence-corrected chi connectivity index (χ4v) is 4.89. The summed E-state index contributed by atoms with van der Waals surface area (Å²) in [6.45, 7) is 10.8. The maximum atomic E-state index is 11.7. The van der Waals surface area contributed by atoms with Crippen LogP contribution in [0.1, 0.15) is 43.5 Å². The molecule has 0 radical (unpaired) electrons. The van der Waals surface area contributed by atoms with E-state index in [2.05, 4.69) is 28.7 Å². The number of aryl methyl sites for hydroxylation is 2. The molecule has 0 bridgehead atoms. The first-order valence-corrected chi connectivity index (χ1v) is 12.9. The van der Waals surface area contributed by atoms with Crippen LogP contribution in [-0.4, -0.2) is 47.3 Å². The topological polar surface area (TPSA) is 84.8 Å². The van der Waals surface area contributed by atoms with Gasteiger partial charge in [-0.05, 0) is 55.9 Å². The number of benzene rings is 1. The lowest BCUT2D eigenvalue weighted by Crippen LogP contribution is -2.38. The number of piperidine rings is 1. The Morgan fingerprint density at radius 2 is 1.78 bits per heavy atom. The van der Waals surface area contributed by atoms with E-state index in [-0.39, 0.29) is 11.8 Å². The van der Waals surface area contributed by atoms with Crippen LogP contribution < -0.4 is 14.4 Å². The van der Waals surface area contributed by atoms with Crippen LogP contribution in [0.3, 0.4) is 0 Å². The van der Waals surface area contributed by atoms with E-state index >= 15 is 0 Å². The Morgan fingerprint density at radius 1 is 1.05 bits per heavy atom. The molecule has 0 atom stereocenters. The molecule has 1 saturated heterocycles. The summed E-state index contributed by atoms with van der Waals surface area (Å²) in [4.78, 5) is 23.2. The van der Waals surface area contributed by atoms with Gasteiger partial charge in [0.05, 0.1) is 29.0 Å². The number of aliphatic carboxylic acids is 1. The Bertz CT molecular complexity index is 1230. The molecule has 3 aromatic rings. The zero-order chi connectivity index (χ0) is 26.6. The van der Waals surface area contributed by atoms with Gasteiger partial charge in [-0.15, -0.1) is 0 Å². The molecule has 1 aliphatic heterocycles. The van der Waals surface area contributed by atoms with Crippen molar-refractivity contribution < 1.29 is 19.4 Å². The number of aromatic nitrogens is 2. The molecule has 0 unspecified atom stereocenters. The Balaban J connectivity index is 1.51. The lowest BCUT2D eigenvalue weighted by Gasteiger charge is -2.40. The number of carboxylic acid groups (broad SMARTS) is 1. The summed E-state index contributed by atoms with van der Waals surface area (Å²) in [7, 11) is 0. The molecule has 1 fully saturated rings. The summed E-state index contributed by atoms with van der Waals surface area (Å²) >= 11 is 6.22. The molecule has 7 nitrogen and oxygen atoms in total. The van der Waals surface area contributed by atoms with E-state index in [1.165, 1.54) is 0 Å². The lowest BCUT2D eigenvalue weighted by atomic mass is 9.82. The normalized spacial score (nSPS) is 14.9. The third-order valence-electron chi connectivity index (χ3n) is 6.90. The second-order valence-corrected chi connectivity index (χ2v) is 10.7. The average molecular weight is 524 g/mol. The van der Waals surface area contributed by atoms with E-state index in [9.17, 15) is 9.90 Å². The molecule has 1 aliphatic rings. The Morgan fingerprint density at radius 3 is 2.43 bits per heavy atom. The first-order valence-electron chi connectivity index (χ1n) is 12.6. The summed E-state index contributed by atoms with van der Waals surface area (Å²) in [5.41, 5.74) is 5.23. The fourth-order valence-electron chi connectivity index (χ4n) is 4.61. The summed E-state index contributed by atoms with van der Waals surface area (Å²) in [6.07, 6.45) is 5.48. The van der Waals surface area contributed by atoms with Crippen molar-refractivity contribution in [1.29, 1.82) is 0 Å². The molecule has 0 spiro atoms. The van der Waals surface area contributed by atoms with Crippen LogP contribution in [0.4, 0.5) is 5.69 Å². The fraction of sp³-hybridized carbons (Fsp3) is 0.414. The van der Waals surface area contributed by atoms with Crippen LogP contribution in [0.5, 0.6) is 11.5 Å². The number of pyridine rings is 2. The van der Waals surface area contributed by atoms with E-state index in [1.54, 1.807) is 18.5 Å². The number of nitrogens with zero attached hydrogens (tertiary/aromatic N) is 3. The minimum Gasteiger partial charge on any atom is -0.488 e. The Labute approximate surface area is 223 Å². The summed E-state index contributed by atoms with van der Waals surface area (Å²) in [6, 6.07) is 9.39. The van der Waals surface area contributed by atoms with Gasteiger partial charge in [-0.2, -0.15) is 0 Å². The van der Waals surface area contributed by atoms with Gasteiger partial charge in [0.1, 0.15) is 24.7 Å². The van der Waals surface area contributed by atoms with Crippen molar-refractivity contribution in [1.82, 2.24) is 9.97 Å². The SMILES string of the molecule is Cc1cccc(Cl)c1OCCOc1ccc(-c2cnc(C)c(CC(=O)O)c2N2CCC(C)(C)CC2)nc1. The number of hydrogen-bond donors (Lipinski definition) is 1. The van der Waals surface area contributed by atoms with Crippen LogP contribution in [0.2, 0.25) is 5.02 Å². The van der Waals surface area contributed by atoms with Gasteiger partial charge in [0, 0.05) is 36.1 Å². The molecule has 1 N–H and O–H groups in total. The number of anilines is 1. The second kappa shape index (κ2) is 11.4. The van der Waals surface area contributed by atoms with Gasteiger partial charge >= 0.3 is 5.97 Å². The van der Waals surface area contributed by atoms with Crippen molar-refractivity contribution >= 4 is 23.3 Å². The van der Waals surface area contributed by atoms with Crippen molar-refractivity contribution in [3.63, 3.8) is 0 Å². The molecule has 0 amide bonds. The molecule has 1 aromatic carbocycles. The van der Waals surface area contributed by atoms with Gasteiger partial charge in [-0.3, -0.25) is 14.8 Å². The number of hydrogen-bond acceptors (Lipinski definition) is 6. The summed E-state index contributed by atoms with van der Waals surface area (Å²) < 4.78 is 11.6. The molecule has 2 aromatic heterocycles. The van der Waals surface area contributed by atoms with E-state index in [1.807, 2.05) is 38.1 Å². The maximum Gasteiger partial charge on any atom is 0.307 e. The highest BCUT2D eigenvalue weighted by Gasteiger charge is 2.29. The van der Waals surface area contributed by atoms with Crippen molar-refractivity contribution in [3.05, 3.63) is 64.6 Å². The highest BCUT2D eigenvalue weighted by Crippen LogP contribution is 2.39. The Kier molecular flexibility index (Phi) is 8.22. The van der Waals surface area contributed by atoms with Crippen molar-refractivity contribution in [2.45, 2.75) is 47.0 Å². The third-order valence-corrected chi connectivity index (χ3v) is 7.20. The minimum atomic E-state index is -0.869. The average Bonchev–Trinajstić information content (AvgIpc) is 2.85. The van der Waals surface area contributed by atoms with E-state index in [0.717, 1.165) is 59.7 Å². The van der Waals surface area contributed by atoms with E-state index in [0.29, 0.717) is 29.7 Å². The largest absolute Gasteiger partial charge is 0.488 e.